The zero-order chi connectivity index (χ0) is 12.7. The van der Waals surface area contributed by atoms with Crippen molar-refractivity contribution in [3.05, 3.63) is 0 Å². The van der Waals surface area contributed by atoms with Gasteiger partial charge in [-0.2, -0.15) is 0 Å². The summed E-state index contributed by atoms with van der Waals surface area (Å²) < 4.78 is 14.7. The van der Waals surface area contributed by atoms with Crippen LogP contribution in [0.5, 0.6) is 0 Å². The molecule has 0 aromatic rings. The van der Waals surface area contributed by atoms with Gasteiger partial charge in [0, 0.05) is 20.1 Å². The van der Waals surface area contributed by atoms with E-state index in [0.717, 1.165) is 0 Å². The highest BCUT2D eigenvalue weighted by molar-refractivity contribution is 9.11. The number of hydrogen-bond donors (Lipinski definition) is 2. The highest BCUT2D eigenvalue weighted by Gasteiger charge is 2.92. The van der Waals surface area contributed by atoms with Gasteiger partial charge in [0.05, 0.1) is 6.61 Å². The molecule has 2 N–H and O–H groups in total. The maximum atomic E-state index is 10.6. The Balaban J connectivity index is 2.28. The molecule has 0 spiro atoms. The molecular formula is C10H14Br2O5. The fourth-order valence-corrected chi connectivity index (χ4v) is 6.75. The van der Waals surface area contributed by atoms with E-state index in [9.17, 15) is 10.2 Å². The Bertz CT molecular complexity index is 376. The van der Waals surface area contributed by atoms with E-state index in [4.69, 9.17) is 14.2 Å². The summed E-state index contributed by atoms with van der Waals surface area (Å²) in [7, 11) is 3.00. The molecule has 2 bridgehead atoms. The van der Waals surface area contributed by atoms with Crippen LogP contribution in [-0.2, 0) is 14.2 Å². The topological polar surface area (TPSA) is 68.2 Å². The van der Waals surface area contributed by atoms with Crippen LogP contribution in [0.25, 0.3) is 0 Å². The van der Waals surface area contributed by atoms with Gasteiger partial charge in [0.2, 0.25) is 11.6 Å². The highest BCUT2D eigenvalue weighted by atomic mass is 79.9. The van der Waals surface area contributed by atoms with Crippen LogP contribution in [0.1, 0.15) is 6.42 Å². The Morgan fingerprint density at radius 2 is 1.88 bits per heavy atom. The van der Waals surface area contributed by atoms with Gasteiger partial charge in [0.25, 0.3) is 0 Å². The molecule has 2 aliphatic carbocycles. The van der Waals surface area contributed by atoms with Gasteiger partial charge in [-0.1, -0.05) is 31.9 Å². The minimum Gasteiger partial charge on any atom is -0.386 e. The van der Waals surface area contributed by atoms with Gasteiger partial charge in [-0.25, -0.2) is 0 Å². The second kappa shape index (κ2) is 3.26. The van der Waals surface area contributed by atoms with Crippen LogP contribution in [-0.4, -0.2) is 57.4 Å². The van der Waals surface area contributed by atoms with Gasteiger partial charge in [-0.15, -0.1) is 0 Å². The van der Waals surface area contributed by atoms with E-state index in [1.807, 2.05) is 0 Å². The lowest BCUT2D eigenvalue weighted by Gasteiger charge is -2.41. The van der Waals surface area contributed by atoms with Crippen molar-refractivity contribution in [1.82, 2.24) is 0 Å². The van der Waals surface area contributed by atoms with Crippen LogP contribution < -0.4 is 0 Å². The molecule has 0 amide bonds. The summed E-state index contributed by atoms with van der Waals surface area (Å²) in [5, 5.41) is 21.0. The number of ether oxygens (including phenoxy) is 3. The standard InChI is InChI=1S/C10H14Br2O5/c1-15-10(16-2)7(11)3-5-4-17-9(14,6(7)13)8(5,10)12/h5-6,13-14H,3-4H2,1-2H3/t5-,6+,7-,8+,9-/m1/s1. The molecule has 0 unspecified atom stereocenters. The smallest absolute Gasteiger partial charge is 0.215 e. The lowest BCUT2D eigenvalue weighted by molar-refractivity contribution is -0.252. The first kappa shape index (κ1) is 12.8. The molecule has 7 heteroatoms. The quantitative estimate of drug-likeness (QED) is 0.540. The predicted molar refractivity (Wildman–Crippen MR) is 65.1 cm³/mol. The number of hydrogen-bond acceptors (Lipinski definition) is 5. The van der Waals surface area contributed by atoms with E-state index in [-0.39, 0.29) is 5.92 Å². The molecule has 0 radical (unpaired) electrons. The average molecular weight is 374 g/mol. The third-order valence-electron chi connectivity index (χ3n) is 4.54. The molecule has 98 valence electrons. The van der Waals surface area contributed by atoms with Crippen LogP contribution in [0.4, 0.5) is 0 Å². The minimum atomic E-state index is -1.70. The lowest BCUT2D eigenvalue weighted by atomic mass is 9.85. The van der Waals surface area contributed by atoms with Crippen molar-refractivity contribution in [3.8, 4) is 0 Å². The van der Waals surface area contributed by atoms with Crippen molar-refractivity contribution < 1.29 is 24.4 Å². The minimum absolute atomic E-state index is 0.00942. The van der Waals surface area contributed by atoms with Gasteiger partial charge in [-0.05, 0) is 6.42 Å². The Morgan fingerprint density at radius 3 is 2.35 bits per heavy atom. The number of methoxy groups -OCH3 is 2. The van der Waals surface area contributed by atoms with Gasteiger partial charge in [0.15, 0.2) is 0 Å². The molecule has 0 aromatic carbocycles. The van der Waals surface area contributed by atoms with Crippen LogP contribution in [0, 0.1) is 5.92 Å². The Kier molecular flexibility index (Phi) is 2.45. The van der Waals surface area contributed by atoms with E-state index in [1.165, 1.54) is 14.2 Å². The Hall–Kier alpha value is 0.760. The second-order valence-electron chi connectivity index (χ2n) is 4.91. The average Bonchev–Trinajstić information content (AvgIpc) is 2.66. The number of halogens is 2. The van der Waals surface area contributed by atoms with Crippen LogP contribution in [0.15, 0.2) is 0 Å². The number of fused-ring (bicyclic) bond motifs is 1. The molecule has 17 heavy (non-hydrogen) atoms. The number of alkyl halides is 2. The zero-order valence-corrected chi connectivity index (χ0v) is 12.6. The Labute approximate surface area is 116 Å². The fourth-order valence-electron chi connectivity index (χ4n) is 3.84. The van der Waals surface area contributed by atoms with Crippen molar-refractivity contribution in [2.45, 2.75) is 32.7 Å². The van der Waals surface area contributed by atoms with Crippen molar-refractivity contribution in [2.24, 2.45) is 5.92 Å². The summed E-state index contributed by atoms with van der Waals surface area (Å²) in [6.45, 7) is 0.362. The maximum absolute atomic E-state index is 10.6. The molecule has 3 rings (SSSR count). The van der Waals surface area contributed by atoms with Crippen molar-refractivity contribution in [1.29, 1.82) is 0 Å². The number of aliphatic hydroxyl groups is 2. The highest BCUT2D eigenvalue weighted by Crippen LogP contribution is 2.75. The lowest BCUT2D eigenvalue weighted by Crippen LogP contribution is -2.60. The first-order valence-corrected chi connectivity index (χ1v) is 6.95. The summed E-state index contributed by atoms with van der Waals surface area (Å²) in [5.74, 6) is -2.86. The van der Waals surface area contributed by atoms with Crippen LogP contribution in [0.2, 0.25) is 0 Å². The third kappa shape index (κ3) is 0.927. The van der Waals surface area contributed by atoms with Crippen molar-refractivity contribution in [2.75, 3.05) is 20.8 Å². The van der Waals surface area contributed by atoms with E-state index in [1.54, 1.807) is 0 Å². The molecule has 0 aromatic heterocycles. The normalized spacial score (nSPS) is 58.9. The first-order valence-electron chi connectivity index (χ1n) is 5.36. The third-order valence-corrected chi connectivity index (χ3v) is 7.55. The maximum Gasteiger partial charge on any atom is 0.215 e. The second-order valence-corrected chi connectivity index (χ2v) is 7.58. The SMILES string of the molecule is COC1(OC)[C@@]2(Br)C[C@@H]3CO[C@](O)([C@H]2O)[C@@]31Br. The van der Waals surface area contributed by atoms with E-state index in [0.29, 0.717) is 13.0 Å². The summed E-state index contributed by atoms with van der Waals surface area (Å²) in [6, 6.07) is 0. The summed E-state index contributed by atoms with van der Waals surface area (Å²) in [5.41, 5.74) is 0. The molecule has 3 fully saturated rings. The zero-order valence-electron chi connectivity index (χ0n) is 9.44. The fraction of sp³-hybridized carbons (Fsp3) is 1.00. The van der Waals surface area contributed by atoms with E-state index < -0.39 is 26.3 Å². The van der Waals surface area contributed by atoms with Gasteiger partial charge >= 0.3 is 0 Å². The van der Waals surface area contributed by atoms with Crippen LogP contribution >= 0.6 is 31.9 Å². The molecule has 2 saturated carbocycles. The summed E-state index contributed by atoms with van der Waals surface area (Å²) in [6.07, 6.45) is -0.531. The molecular weight excluding hydrogens is 360 g/mol. The predicted octanol–water partition coefficient (Wildman–Crippen LogP) is 0.356. The number of aliphatic hydroxyl groups excluding tert-OH is 1. The number of rotatable bonds is 2. The monoisotopic (exact) mass is 372 g/mol. The van der Waals surface area contributed by atoms with E-state index >= 15 is 0 Å². The summed E-state index contributed by atoms with van der Waals surface area (Å²) in [4.78, 5) is 0. The molecule has 3 aliphatic rings. The van der Waals surface area contributed by atoms with Gasteiger partial charge < -0.3 is 24.4 Å². The largest absolute Gasteiger partial charge is 0.386 e. The molecule has 5 nitrogen and oxygen atoms in total. The van der Waals surface area contributed by atoms with Crippen molar-refractivity contribution >= 4 is 31.9 Å². The van der Waals surface area contributed by atoms with Gasteiger partial charge in [0.1, 0.15) is 14.8 Å². The van der Waals surface area contributed by atoms with Crippen LogP contribution in [0.3, 0.4) is 0 Å². The van der Waals surface area contributed by atoms with Gasteiger partial charge in [-0.3, -0.25) is 0 Å². The van der Waals surface area contributed by atoms with Crippen molar-refractivity contribution in [3.63, 3.8) is 0 Å². The first-order chi connectivity index (χ1) is 7.84. The Morgan fingerprint density at radius 1 is 1.29 bits per heavy atom. The summed E-state index contributed by atoms with van der Waals surface area (Å²) >= 11 is 7.06. The van der Waals surface area contributed by atoms with E-state index in [2.05, 4.69) is 31.9 Å². The molecule has 1 aliphatic heterocycles. The molecule has 1 saturated heterocycles. The molecule has 5 atom stereocenters. The molecule has 1 heterocycles.